The first-order valence-electron chi connectivity index (χ1n) is 6.73. The van der Waals surface area contributed by atoms with E-state index in [2.05, 4.69) is 5.10 Å². The monoisotopic (exact) mass is 277 g/mol. The highest BCUT2D eigenvalue weighted by Gasteiger charge is 2.13. The van der Waals surface area contributed by atoms with Gasteiger partial charge in [-0.15, -0.1) is 0 Å². The smallest absolute Gasteiger partial charge is 0.165 e. The van der Waals surface area contributed by atoms with E-state index in [0.717, 1.165) is 17.5 Å². The third-order valence-electron chi connectivity index (χ3n) is 3.20. The molecule has 0 aliphatic rings. The van der Waals surface area contributed by atoms with Gasteiger partial charge in [-0.05, 0) is 24.5 Å². The highest BCUT2D eigenvalue weighted by Crippen LogP contribution is 2.25. The zero-order chi connectivity index (χ0) is 14.5. The van der Waals surface area contributed by atoms with Gasteiger partial charge in [0.15, 0.2) is 11.6 Å². The van der Waals surface area contributed by atoms with E-state index in [-0.39, 0.29) is 11.9 Å². The van der Waals surface area contributed by atoms with Crippen molar-refractivity contribution in [3.05, 3.63) is 47.5 Å². The van der Waals surface area contributed by atoms with E-state index < -0.39 is 0 Å². The summed E-state index contributed by atoms with van der Waals surface area (Å²) in [6.07, 6.45) is 5.01. The van der Waals surface area contributed by atoms with Crippen LogP contribution >= 0.6 is 0 Å². The molecule has 0 fully saturated rings. The van der Waals surface area contributed by atoms with Gasteiger partial charge in [0.25, 0.3) is 0 Å². The summed E-state index contributed by atoms with van der Waals surface area (Å²) in [4.78, 5) is 0. The normalized spacial score (nSPS) is 12.4. The third-order valence-corrected chi connectivity index (χ3v) is 3.20. The predicted molar refractivity (Wildman–Crippen MR) is 75.9 cm³/mol. The topological polar surface area (TPSA) is 53.1 Å². The predicted octanol–water partition coefficient (Wildman–Crippen LogP) is 2.42. The van der Waals surface area contributed by atoms with Crippen LogP contribution in [0, 0.1) is 5.82 Å². The molecule has 1 heterocycles. The first-order valence-corrected chi connectivity index (χ1v) is 6.73. The van der Waals surface area contributed by atoms with Crippen LogP contribution in [-0.2, 0) is 20.1 Å². The Hall–Kier alpha value is -1.88. The maximum atomic E-state index is 13.9. The average Bonchev–Trinajstić information content (AvgIpc) is 2.83. The van der Waals surface area contributed by atoms with E-state index in [4.69, 9.17) is 10.5 Å². The average molecular weight is 277 g/mol. The molecule has 0 aliphatic carbocycles. The first-order chi connectivity index (χ1) is 9.60. The number of hydrogen-bond donors (Lipinski definition) is 1. The van der Waals surface area contributed by atoms with Gasteiger partial charge in [0.1, 0.15) is 6.61 Å². The Morgan fingerprint density at radius 1 is 1.45 bits per heavy atom. The molecule has 20 heavy (non-hydrogen) atoms. The summed E-state index contributed by atoms with van der Waals surface area (Å²) in [5.74, 6) is -0.0602. The molecule has 0 saturated carbocycles. The molecule has 0 amide bonds. The number of nitrogens with zero attached hydrogens (tertiary/aromatic N) is 2. The van der Waals surface area contributed by atoms with Gasteiger partial charge in [-0.2, -0.15) is 5.10 Å². The lowest BCUT2D eigenvalue weighted by Gasteiger charge is -2.14. The summed E-state index contributed by atoms with van der Waals surface area (Å²) in [5, 5.41) is 4.06. The fourth-order valence-electron chi connectivity index (χ4n) is 2.00. The van der Waals surface area contributed by atoms with E-state index >= 15 is 0 Å². The molecule has 0 bridgehead atoms. The van der Waals surface area contributed by atoms with Crippen molar-refractivity contribution in [2.75, 3.05) is 0 Å². The second-order valence-corrected chi connectivity index (χ2v) is 4.91. The Kier molecular flexibility index (Phi) is 4.74. The molecule has 4 nitrogen and oxygen atoms in total. The fourth-order valence-corrected chi connectivity index (χ4v) is 2.00. The second-order valence-electron chi connectivity index (χ2n) is 4.91. The van der Waals surface area contributed by atoms with Crippen LogP contribution in [0.1, 0.15) is 24.5 Å². The number of aromatic nitrogens is 2. The quantitative estimate of drug-likeness (QED) is 0.882. The number of ether oxygens (including phenoxy) is 1. The maximum Gasteiger partial charge on any atom is 0.165 e. The molecule has 1 unspecified atom stereocenters. The Balaban J connectivity index is 2.12. The molecular formula is C15H20FN3O. The van der Waals surface area contributed by atoms with Crippen molar-refractivity contribution in [3.8, 4) is 5.75 Å². The van der Waals surface area contributed by atoms with Gasteiger partial charge in [-0.25, -0.2) is 4.39 Å². The Morgan fingerprint density at radius 2 is 2.25 bits per heavy atom. The fraction of sp³-hybridized carbons (Fsp3) is 0.400. The Morgan fingerprint density at radius 3 is 2.90 bits per heavy atom. The van der Waals surface area contributed by atoms with Crippen LogP contribution in [0.3, 0.4) is 0 Å². The van der Waals surface area contributed by atoms with Gasteiger partial charge >= 0.3 is 0 Å². The SMILES string of the molecule is CCC(N)Cc1cccc(F)c1OCc1cnn(C)c1. The highest BCUT2D eigenvalue weighted by molar-refractivity contribution is 5.35. The molecule has 0 saturated heterocycles. The zero-order valence-electron chi connectivity index (χ0n) is 11.8. The molecule has 0 radical (unpaired) electrons. The van der Waals surface area contributed by atoms with Crippen molar-refractivity contribution >= 4 is 0 Å². The molecule has 2 rings (SSSR count). The van der Waals surface area contributed by atoms with E-state index in [1.807, 2.05) is 26.2 Å². The molecule has 1 aromatic heterocycles. The summed E-state index contributed by atoms with van der Waals surface area (Å²) in [5.41, 5.74) is 7.66. The standard InChI is InChI=1S/C15H20FN3O/c1-3-13(17)7-12-5-4-6-14(16)15(12)20-10-11-8-18-19(2)9-11/h4-6,8-9,13H,3,7,10,17H2,1-2H3. The van der Waals surface area contributed by atoms with Crippen LogP contribution in [0.15, 0.2) is 30.6 Å². The molecule has 1 aromatic carbocycles. The van der Waals surface area contributed by atoms with E-state index in [0.29, 0.717) is 18.8 Å². The van der Waals surface area contributed by atoms with Gasteiger partial charge < -0.3 is 10.5 Å². The lowest BCUT2D eigenvalue weighted by atomic mass is 10.0. The summed E-state index contributed by atoms with van der Waals surface area (Å²) in [6, 6.07) is 4.96. The highest BCUT2D eigenvalue weighted by atomic mass is 19.1. The van der Waals surface area contributed by atoms with Gasteiger partial charge in [-0.3, -0.25) is 4.68 Å². The number of nitrogens with two attached hydrogens (primary N) is 1. The van der Waals surface area contributed by atoms with Crippen LogP contribution < -0.4 is 10.5 Å². The van der Waals surface area contributed by atoms with Crippen LogP contribution in [0.4, 0.5) is 4.39 Å². The lowest BCUT2D eigenvalue weighted by Crippen LogP contribution is -2.22. The van der Waals surface area contributed by atoms with E-state index in [1.165, 1.54) is 6.07 Å². The second kappa shape index (κ2) is 6.52. The molecular weight excluding hydrogens is 257 g/mol. The van der Waals surface area contributed by atoms with Crippen LogP contribution in [-0.4, -0.2) is 15.8 Å². The van der Waals surface area contributed by atoms with Crippen molar-refractivity contribution in [2.45, 2.75) is 32.4 Å². The molecule has 0 spiro atoms. The molecule has 5 heteroatoms. The van der Waals surface area contributed by atoms with Gasteiger partial charge in [-0.1, -0.05) is 19.1 Å². The largest absolute Gasteiger partial charge is 0.485 e. The van der Waals surface area contributed by atoms with Crippen molar-refractivity contribution in [2.24, 2.45) is 12.8 Å². The third kappa shape index (κ3) is 3.57. The summed E-state index contributed by atoms with van der Waals surface area (Å²) in [6.45, 7) is 2.31. The number of aryl methyl sites for hydroxylation is 1. The van der Waals surface area contributed by atoms with Crippen molar-refractivity contribution in [1.29, 1.82) is 0 Å². The van der Waals surface area contributed by atoms with E-state index in [9.17, 15) is 4.39 Å². The zero-order valence-corrected chi connectivity index (χ0v) is 11.8. The van der Waals surface area contributed by atoms with Crippen molar-refractivity contribution < 1.29 is 9.13 Å². The summed E-state index contributed by atoms with van der Waals surface area (Å²) < 4.78 is 21.2. The summed E-state index contributed by atoms with van der Waals surface area (Å²) in [7, 11) is 1.83. The number of rotatable bonds is 6. The molecule has 1 atom stereocenters. The minimum atomic E-state index is -0.352. The maximum absolute atomic E-state index is 13.9. The lowest BCUT2D eigenvalue weighted by molar-refractivity contribution is 0.286. The Bertz CT molecular complexity index is 568. The Labute approximate surface area is 118 Å². The van der Waals surface area contributed by atoms with E-state index in [1.54, 1.807) is 16.9 Å². The molecule has 2 N–H and O–H groups in total. The van der Waals surface area contributed by atoms with Crippen LogP contribution in [0.25, 0.3) is 0 Å². The number of para-hydroxylation sites is 1. The number of benzene rings is 1. The first kappa shape index (κ1) is 14.5. The number of halogens is 1. The molecule has 0 aliphatic heterocycles. The van der Waals surface area contributed by atoms with Crippen LogP contribution in [0.2, 0.25) is 0 Å². The van der Waals surface area contributed by atoms with Crippen LogP contribution in [0.5, 0.6) is 5.75 Å². The minimum Gasteiger partial charge on any atom is -0.485 e. The minimum absolute atomic E-state index is 0.0116. The summed E-state index contributed by atoms with van der Waals surface area (Å²) >= 11 is 0. The molecule has 108 valence electrons. The number of hydrogen-bond acceptors (Lipinski definition) is 3. The van der Waals surface area contributed by atoms with Crippen molar-refractivity contribution in [1.82, 2.24) is 9.78 Å². The van der Waals surface area contributed by atoms with Crippen molar-refractivity contribution in [3.63, 3.8) is 0 Å². The molecule has 2 aromatic rings. The van der Waals surface area contributed by atoms with Gasteiger partial charge in [0.2, 0.25) is 0 Å². The van der Waals surface area contributed by atoms with Gasteiger partial charge in [0, 0.05) is 24.8 Å². The van der Waals surface area contributed by atoms with Gasteiger partial charge in [0.05, 0.1) is 6.20 Å².